The molecule has 16 heteroatoms. The third kappa shape index (κ3) is 5.89. The molecule has 57 heavy (non-hydrogen) atoms. The van der Waals surface area contributed by atoms with Gasteiger partial charge in [0, 0.05) is 89.0 Å². The van der Waals surface area contributed by atoms with Crippen LogP contribution in [0.3, 0.4) is 0 Å². The maximum absolute atomic E-state index is 15.7. The van der Waals surface area contributed by atoms with E-state index < -0.39 is 17.4 Å². The second-order valence-corrected chi connectivity index (χ2v) is 16.6. The molecule has 6 aliphatic rings. The van der Waals surface area contributed by atoms with Gasteiger partial charge in [0.25, 0.3) is 5.91 Å². The Hall–Kier alpha value is -5.64. The molecule has 15 nitrogen and oxygen atoms in total. The van der Waals surface area contributed by atoms with Crippen molar-refractivity contribution in [1.82, 2.24) is 34.6 Å². The number of imide groups is 1. The van der Waals surface area contributed by atoms with Crippen LogP contribution < -0.4 is 25.3 Å². The second kappa shape index (κ2) is 13.5. The monoisotopic (exact) mass is 775 g/mol. The molecule has 0 bridgehead atoms. The average molecular weight is 776 g/mol. The van der Waals surface area contributed by atoms with E-state index in [-0.39, 0.29) is 48.5 Å². The highest BCUT2D eigenvalue weighted by Crippen LogP contribution is 2.61. The highest BCUT2D eigenvalue weighted by Gasteiger charge is 2.63. The maximum Gasteiger partial charge on any atom is 0.270 e. The Balaban J connectivity index is 0.780. The largest absolute Gasteiger partial charge is 0.368 e. The summed E-state index contributed by atoms with van der Waals surface area (Å²) < 4.78 is 17.8. The summed E-state index contributed by atoms with van der Waals surface area (Å²) in [5, 5.41) is 6.48. The maximum atomic E-state index is 15.7. The zero-order chi connectivity index (χ0) is 39.2. The number of carbonyl (C=O) groups is 4. The molecule has 4 aromatic rings. The van der Waals surface area contributed by atoms with E-state index >= 15 is 4.39 Å². The van der Waals surface area contributed by atoms with E-state index in [1.54, 1.807) is 31.3 Å². The van der Waals surface area contributed by atoms with Crippen LogP contribution in [0.15, 0.2) is 42.7 Å². The minimum atomic E-state index is -0.788. The number of hydrogen-bond acceptors (Lipinski definition) is 11. The third-order valence-electron chi connectivity index (χ3n) is 13.0. The molecular weight excluding hydrogens is 730 g/mol. The summed E-state index contributed by atoms with van der Waals surface area (Å²) in [4.78, 5) is 75.7. The van der Waals surface area contributed by atoms with E-state index in [0.29, 0.717) is 60.3 Å². The molecule has 0 radical (unpaired) electrons. The van der Waals surface area contributed by atoms with Crippen molar-refractivity contribution in [2.45, 2.75) is 74.9 Å². The van der Waals surface area contributed by atoms with Crippen LogP contribution in [0.25, 0.3) is 11.0 Å². The van der Waals surface area contributed by atoms with Gasteiger partial charge in [0.05, 0.1) is 28.7 Å². The smallest absolute Gasteiger partial charge is 0.270 e. The Bertz CT molecular complexity index is 2300. The molecule has 5 fully saturated rings. The Morgan fingerprint density at radius 1 is 0.930 bits per heavy atom. The molecular formula is C41H46FN11O4. The number of aromatic nitrogens is 4. The van der Waals surface area contributed by atoms with Crippen LogP contribution >= 0.6 is 0 Å². The molecule has 1 spiro atoms. The summed E-state index contributed by atoms with van der Waals surface area (Å²) in [6, 6.07) is 8.65. The minimum Gasteiger partial charge on any atom is -0.368 e. The summed E-state index contributed by atoms with van der Waals surface area (Å²) in [6.07, 6.45) is 9.64. The number of piperazine rings is 1. The highest BCUT2D eigenvalue weighted by atomic mass is 19.1. The normalized spacial score (nSPS) is 22.3. The van der Waals surface area contributed by atoms with E-state index in [1.807, 2.05) is 18.3 Å². The second-order valence-electron chi connectivity index (χ2n) is 16.6. The number of benzene rings is 1. The number of carbonyl (C=O) groups excluding carboxylic acids is 4. The van der Waals surface area contributed by atoms with Gasteiger partial charge in [0.1, 0.15) is 29.0 Å². The predicted molar refractivity (Wildman–Crippen MR) is 211 cm³/mol. The first kappa shape index (κ1) is 35.8. The van der Waals surface area contributed by atoms with Crippen LogP contribution in [0.2, 0.25) is 0 Å². The van der Waals surface area contributed by atoms with Crippen molar-refractivity contribution < 1.29 is 23.6 Å². The van der Waals surface area contributed by atoms with E-state index in [2.05, 4.69) is 41.0 Å². The van der Waals surface area contributed by atoms with Crippen molar-refractivity contribution in [2.24, 2.45) is 0 Å². The Kier molecular flexibility index (Phi) is 8.46. The van der Waals surface area contributed by atoms with Crippen LogP contribution in [0.1, 0.15) is 73.5 Å². The molecule has 1 unspecified atom stereocenters. The number of pyridine rings is 1. The standard InChI is InChI=1S/C41H46FN11O4/c1-48(2)38(56)31-19-24-20-44-40(47-36(24)52(31)25-5-3-4-6-25)45-32-11-7-26(21-43-32)49-15-17-50(18-16-49)27-22-51(23-27)35-28(42)8-9-29-34(35)41(13-14-41)39(57)53(29)30-10-12-33(54)46-37(30)55/h7-9,11,19-21,25,27,30H,3-6,10,12-18,22-23H2,1-2H3,(H,46,54,55)(H,43,44,45,47). The summed E-state index contributed by atoms with van der Waals surface area (Å²) in [5.74, 6) is -0.285. The van der Waals surface area contributed by atoms with E-state index in [9.17, 15) is 19.2 Å². The quantitative estimate of drug-likeness (QED) is 0.252. The van der Waals surface area contributed by atoms with Crippen molar-refractivity contribution >= 4 is 63.5 Å². The molecule has 4 amide bonds. The minimum absolute atomic E-state index is 0.0423. The topological polar surface area (TPSA) is 152 Å². The van der Waals surface area contributed by atoms with Crippen LogP contribution in [-0.4, -0.2) is 118 Å². The molecule has 7 heterocycles. The fourth-order valence-corrected chi connectivity index (χ4v) is 9.78. The predicted octanol–water partition coefficient (Wildman–Crippen LogP) is 3.72. The summed E-state index contributed by atoms with van der Waals surface area (Å²) in [7, 11) is 3.54. The first-order valence-corrected chi connectivity index (χ1v) is 20.2. The molecule has 4 aliphatic heterocycles. The summed E-state index contributed by atoms with van der Waals surface area (Å²) >= 11 is 0. The molecule has 2 N–H and O–H groups in total. The van der Waals surface area contributed by atoms with Gasteiger partial charge in [-0.05, 0) is 62.4 Å². The molecule has 1 aromatic carbocycles. The van der Waals surface area contributed by atoms with Gasteiger partial charge in [-0.3, -0.25) is 34.3 Å². The number of nitrogens with one attached hydrogen (secondary N) is 2. The Morgan fingerprint density at radius 3 is 2.39 bits per heavy atom. The molecule has 1 atom stereocenters. The SMILES string of the molecule is CN(C)C(=O)c1cc2cnc(Nc3ccc(N4CCN(C5CN(c6c(F)ccc7c6C6(CC6)C(=O)N7C6CCC(=O)NC6=O)C5)CC4)cn3)nc2n1C1CCCC1. The fraction of sp³-hybridized carbons (Fsp3) is 0.488. The lowest BCUT2D eigenvalue weighted by atomic mass is 9.92. The number of anilines is 5. The fourth-order valence-electron chi connectivity index (χ4n) is 9.78. The Labute approximate surface area is 329 Å². The number of nitrogens with zero attached hydrogens (tertiary/aromatic N) is 9. The van der Waals surface area contributed by atoms with E-state index in [4.69, 9.17) is 9.97 Å². The van der Waals surface area contributed by atoms with Crippen molar-refractivity contribution in [3.63, 3.8) is 0 Å². The third-order valence-corrected chi connectivity index (χ3v) is 13.0. The van der Waals surface area contributed by atoms with Crippen LogP contribution in [0.4, 0.5) is 33.2 Å². The van der Waals surface area contributed by atoms with Crippen molar-refractivity contribution in [3.05, 3.63) is 59.8 Å². The Morgan fingerprint density at radius 2 is 1.70 bits per heavy atom. The van der Waals surface area contributed by atoms with Crippen LogP contribution in [0.5, 0.6) is 0 Å². The molecule has 2 aliphatic carbocycles. The van der Waals surface area contributed by atoms with Gasteiger partial charge in [-0.15, -0.1) is 0 Å². The highest BCUT2D eigenvalue weighted by molar-refractivity contribution is 6.16. The summed E-state index contributed by atoms with van der Waals surface area (Å²) in [5.41, 5.74) is 3.43. The van der Waals surface area contributed by atoms with Gasteiger partial charge in [0.2, 0.25) is 23.7 Å². The lowest BCUT2D eigenvalue weighted by Gasteiger charge is -2.50. The number of fused-ring (bicyclic) bond motifs is 3. The van der Waals surface area contributed by atoms with Gasteiger partial charge >= 0.3 is 0 Å². The molecule has 296 valence electrons. The van der Waals surface area contributed by atoms with E-state index in [1.165, 1.54) is 11.0 Å². The van der Waals surface area contributed by atoms with Crippen molar-refractivity contribution in [3.8, 4) is 0 Å². The summed E-state index contributed by atoms with van der Waals surface area (Å²) in [6.45, 7) is 4.67. The van der Waals surface area contributed by atoms with Crippen molar-refractivity contribution in [2.75, 3.05) is 73.4 Å². The van der Waals surface area contributed by atoms with Crippen molar-refractivity contribution in [1.29, 1.82) is 0 Å². The molecule has 10 rings (SSSR count). The lowest BCUT2D eigenvalue weighted by molar-refractivity contribution is -0.135. The number of hydrogen-bond donors (Lipinski definition) is 2. The van der Waals surface area contributed by atoms with Crippen LogP contribution in [-0.2, 0) is 19.8 Å². The zero-order valence-electron chi connectivity index (χ0n) is 32.2. The number of piperidine rings is 1. The van der Waals surface area contributed by atoms with Gasteiger partial charge < -0.3 is 24.6 Å². The zero-order valence-corrected chi connectivity index (χ0v) is 32.2. The molecule has 3 aromatic heterocycles. The molecule has 2 saturated carbocycles. The lowest BCUT2D eigenvalue weighted by Crippen LogP contribution is -2.63. The first-order valence-electron chi connectivity index (χ1n) is 20.2. The van der Waals surface area contributed by atoms with E-state index in [0.717, 1.165) is 68.6 Å². The average Bonchev–Trinajstić information content (AvgIpc) is 3.52. The van der Waals surface area contributed by atoms with Gasteiger partial charge in [-0.25, -0.2) is 14.4 Å². The number of amides is 4. The van der Waals surface area contributed by atoms with Crippen LogP contribution in [0, 0.1) is 5.82 Å². The number of rotatable bonds is 8. The first-order chi connectivity index (χ1) is 27.6. The molecule has 3 saturated heterocycles. The number of halogens is 1. The van der Waals surface area contributed by atoms with Gasteiger partial charge in [-0.2, -0.15) is 4.98 Å². The van der Waals surface area contributed by atoms with Gasteiger partial charge in [-0.1, -0.05) is 12.8 Å². The van der Waals surface area contributed by atoms with Gasteiger partial charge in [0.15, 0.2) is 0 Å².